The van der Waals surface area contributed by atoms with E-state index in [9.17, 15) is 22.8 Å². The number of methoxy groups -OCH3 is 2. The molecule has 1 atom stereocenters. The van der Waals surface area contributed by atoms with Gasteiger partial charge in [-0.25, -0.2) is 0 Å². The molecular formula is C13H12F3NO4. The average molecular weight is 303 g/mol. The number of ketones is 1. The normalized spacial score (nSPS) is 17.4. The van der Waals surface area contributed by atoms with Crippen LogP contribution in [0.5, 0.6) is 11.5 Å². The molecule has 2 rings (SSSR count). The Morgan fingerprint density at radius 3 is 2.33 bits per heavy atom. The molecule has 0 bridgehead atoms. The smallest absolute Gasteiger partial charge is 0.471 e. The highest BCUT2D eigenvalue weighted by molar-refractivity contribution is 6.02. The summed E-state index contributed by atoms with van der Waals surface area (Å²) in [5, 5.41) is 1.81. The maximum Gasteiger partial charge on any atom is 0.471 e. The summed E-state index contributed by atoms with van der Waals surface area (Å²) in [6, 6.07) is 1.78. The minimum Gasteiger partial charge on any atom is -0.493 e. The maximum atomic E-state index is 12.3. The van der Waals surface area contributed by atoms with Gasteiger partial charge in [0.15, 0.2) is 17.3 Å². The zero-order valence-corrected chi connectivity index (χ0v) is 11.2. The molecule has 0 aliphatic heterocycles. The molecule has 1 N–H and O–H groups in total. The van der Waals surface area contributed by atoms with Gasteiger partial charge in [0.1, 0.15) is 0 Å². The van der Waals surface area contributed by atoms with E-state index in [2.05, 4.69) is 0 Å². The zero-order valence-electron chi connectivity index (χ0n) is 11.2. The molecule has 1 aliphatic rings. The molecule has 1 amide bonds. The molecule has 0 saturated heterocycles. The van der Waals surface area contributed by atoms with Gasteiger partial charge in [-0.3, -0.25) is 9.59 Å². The lowest BCUT2D eigenvalue weighted by Gasteiger charge is -2.16. The maximum absolute atomic E-state index is 12.3. The van der Waals surface area contributed by atoms with Gasteiger partial charge in [0.25, 0.3) is 0 Å². The van der Waals surface area contributed by atoms with Crippen LogP contribution in [0.15, 0.2) is 12.1 Å². The molecule has 8 heteroatoms. The molecule has 1 aromatic rings. The standard InChI is InChI=1S/C13H12F3NO4/c1-20-10-3-6-7(4-11(10)21-2)9(18)5-8(6)17-12(19)13(14,15)16/h3-4,8H,5H2,1-2H3,(H,17,19)/t8-/m0/s1. The second-order valence-electron chi connectivity index (χ2n) is 4.45. The Bertz CT molecular complexity index is 598. The first kappa shape index (κ1) is 15.1. The van der Waals surface area contributed by atoms with Crippen molar-refractivity contribution in [1.82, 2.24) is 5.32 Å². The van der Waals surface area contributed by atoms with Gasteiger partial charge in [-0.05, 0) is 17.7 Å². The monoisotopic (exact) mass is 303 g/mol. The van der Waals surface area contributed by atoms with Gasteiger partial charge in [-0.2, -0.15) is 13.2 Å². The van der Waals surface area contributed by atoms with Crippen LogP contribution in [0.2, 0.25) is 0 Å². The summed E-state index contributed by atoms with van der Waals surface area (Å²) in [5.41, 5.74) is 0.510. The summed E-state index contributed by atoms with van der Waals surface area (Å²) >= 11 is 0. The number of carbonyl (C=O) groups is 2. The fourth-order valence-electron chi connectivity index (χ4n) is 2.20. The van der Waals surface area contributed by atoms with Crippen LogP contribution in [0.1, 0.15) is 28.4 Å². The van der Waals surface area contributed by atoms with E-state index in [-0.39, 0.29) is 29.1 Å². The predicted molar refractivity (Wildman–Crippen MR) is 65.4 cm³/mol. The third-order valence-electron chi connectivity index (χ3n) is 3.18. The van der Waals surface area contributed by atoms with Crippen molar-refractivity contribution in [3.63, 3.8) is 0 Å². The number of fused-ring (bicyclic) bond motifs is 1. The summed E-state index contributed by atoms with van der Waals surface area (Å²) in [4.78, 5) is 22.9. The summed E-state index contributed by atoms with van der Waals surface area (Å²) < 4.78 is 47.0. The van der Waals surface area contributed by atoms with E-state index in [0.717, 1.165) is 0 Å². The topological polar surface area (TPSA) is 64.6 Å². The predicted octanol–water partition coefficient (Wildman–Crippen LogP) is 2.01. The van der Waals surface area contributed by atoms with Crippen LogP contribution in [-0.2, 0) is 4.79 Å². The Morgan fingerprint density at radius 2 is 1.81 bits per heavy atom. The van der Waals surface area contributed by atoms with Crippen LogP contribution in [0, 0.1) is 0 Å². The van der Waals surface area contributed by atoms with E-state index in [4.69, 9.17) is 9.47 Å². The lowest BCUT2D eigenvalue weighted by Crippen LogP contribution is -2.38. The molecule has 21 heavy (non-hydrogen) atoms. The highest BCUT2D eigenvalue weighted by atomic mass is 19.4. The lowest BCUT2D eigenvalue weighted by molar-refractivity contribution is -0.174. The Hall–Kier alpha value is -2.25. The van der Waals surface area contributed by atoms with E-state index in [1.807, 2.05) is 5.32 Å². The highest BCUT2D eigenvalue weighted by Gasteiger charge is 2.42. The molecule has 0 unspecified atom stereocenters. The summed E-state index contributed by atoms with van der Waals surface area (Å²) in [6.07, 6.45) is -5.23. The van der Waals surface area contributed by atoms with Crippen LogP contribution in [0.25, 0.3) is 0 Å². The van der Waals surface area contributed by atoms with Crippen LogP contribution >= 0.6 is 0 Å². The summed E-state index contributed by atoms with van der Waals surface area (Å²) in [7, 11) is 2.75. The van der Waals surface area contributed by atoms with E-state index in [1.54, 1.807) is 0 Å². The third kappa shape index (κ3) is 2.79. The number of Topliss-reactive ketones (excluding diaryl/α,β-unsaturated/α-hetero) is 1. The molecule has 0 spiro atoms. The molecule has 1 aliphatic carbocycles. The first-order valence-electron chi connectivity index (χ1n) is 5.94. The molecule has 0 radical (unpaired) electrons. The zero-order chi connectivity index (χ0) is 15.8. The van der Waals surface area contributed by atoms with Gasteiger partial charge in [-0.1, -0.05) is 0 Å². The van der Waals surface area contributed by atoms with Gasteiger partial charge >= 0.3 is 12.1 Å². The number of nitrogens with one attached hydrogen (secondary N) is 1. The van der Waals surface area contributed by atoms with Crippen molar-refractivity contribution >= 4 is 11.7 Å². The molecule has 0 fully saturated rings. The lowest BCUT2D eigenvalue weighted by atomic mass is 10.1. The summed E-state index contributed by atoms with van der Waals surface area (Å²) in [6.45, 7) is 0. The Kier molecular flexibility index (Phi) is 3.80. The number of ether oxygens (including phenoxy) is 2. The van der Waals surface area contributed by atoms with Crippen molar-refractivity contribution in [2.45, 2.75) is 18.6 Å². The molecule has 114 valence electrons. The van der Waals surface area contributed by atoms with Gasteiger partial charge in [0.2, 0.25) is 0 Å². The van der Waals surface area contributed by atoms with Crippen LogP contribution in [-0.4, -0.2) is 32.1 Å². The molecule has 5 nitrogen and oxygen atoms in total. The van der Waals surface area contributed by atoms with Crippen LogP contribution in [0.4, 0.5) is 13.2 Å². The number of hydrogen-bond donors (Lipinski definition) is 1. The van der Waals surface area contributed by atoms with Gasteiger partial charge in [0, 0.05) is 12.0 Å². The minimum absolute atomic E-state index is 0.222. The largest absolute Gasteiger partial charge is 0.493 e. The van der Waals surface area contributed by atoms with Crippen LogP contribution in [0.3, 0.4) is 0 Å². The fourth-order valence-corrected chi connectivity index (χ4v) is 2.20. The van der Waals surface area contributed by atoms with Crippen molar-refractivity contribution < 1.29 is 32.2 Å². The quantitative estimate of drug-likeness (QED) is 0.927. The van der Waals surface area contributed by atoms with E-state index in [1.165, 1.54) is 26.4 Å². The van der Waals surface area contributed by atoms with Crippen molar-refractivity contribution in [1.29, 1.82) is 0 Å². The number of amides is 1. The van der Waals surface area contributed by atoms with Crippen molar-refractivity contribution in [2.75, 3.05) is 14.2 Å². The number of benzene rings is 1. The van der Waals surface area contributed by atoms with Crippen molar-refractivity contribution in [3.8, 4) is 11.5 Å². The average Bonchev–Trinajstić information content (AvgIpc) is 2.72. The Balaban J connectivity index is 2.36. The summed E-state index contributed by atoms with van der Waals surface area (Å²) in [5.74, 6) is -1.87. The third-order valence-corrected chi connectivity index (χ3v) is 3.18. The molecule has 0 saturated carbocycles. The molecular weight excluding hydrogens is 291 g/mol. The highest BCUT2D eigenvalue weighted by Crippen LogP contribution is 2.39. The van der Waals surface area contributed by atoms with Gasteiger partial charge in [0.05, 0.1) is 20.3 Å². The Labute approximate surface area is 118 Å². The minimum atomic E-state index is -5.00. The first-order valence-corrected chi connectivity index (χ1v) is 5.94. The van der Waals surface area contributed by atoms with Crippen molar-refractivity contribution in [2.24, 2.45) is 0 Å². The Morgan fingerprint density at radius 1 is 1.24 bits per heavy atom. The first-order chi connectivity index (χ1) is 9.77. The fraction of sp³-hybridized carbons (Fsp3) is 0.385. The van der Waals surface area contributed by atoms with Crippen LogP contribution < -0.4 is 14.8 Å². The molecule has 0 heterocycles. The second kappa shape index (κ2) is 5.27. The van der Waals surface area contributed by atoms with E-state index < -0.39 is 18.1 Å². The molecule has 0 aromatic heterocycles. The number of hydrogen-bond acceptors (Lipinski definition) is 4. The number of carbonyl (C=O) groups excluding carboxylic acids is 2. The SMILES string of the molecule is COc1cc2c(cc1OC)[C@@H](NC(=O)C(F)(F)F)CC2=O. The van der Waals surface area contributed by atoms with Crippen molar-refractivity contribution in [3.05, 3.63) is 23.3 Å². The van der Waals surface area contributed by atoms with Gasteiger partial charge in [-0.15, -0.1) is 0 Å². The van der Waals surface area contributed by atoms with Gasteiger partial charge < -0.3 is 14.8 Å². The van der Waals surface area contributed by atoms with E-state index >= 15 is 0 Å². The van der Waals surface area contributed by atoms with E-state index in [0.29, 0.717) is 5.75 Å². The molecule has 1 aromatic carbocycles. The number of halogens is 3. The second-order valence-corrected chi connectivity index (χ2v) is 4.45. The number of rotatable bonds is 3. The number of alkyl halides is 3.